The summed E-state index contributed by atoms with van der Waals surface area (Å²) in [5.74, 6) is -0.225. The highest BCUT2D eigenvalue weighted by Crippen LogP contribution is 2.26. The Morgan fingerprint density at radius 1 is 1.23 bits per heavy atom. The van der Waals surface area contributed by atoms with Crippen LogP contribution in [0.4, 0.5) is 0 Å². The average molecular weight is 304 g/mol. The van der Waals surface area contributed by atoms with Gasteiger partial charge in [-0.3, -0.25) is 4.79 Å². The Kier molecular flexibility index (Phi) is 7.07. The fourth-order valence-corrected chi connectivity index (χ4v) is 3.12. The summed E-state index contributed by atoms with van der Waals surface area (Å²) < 4.78 is 6.00. The third-order valence-corrected chi connectivity index (χ3v) is 4.44. The first-order chi connectivity index (χ1) is 10.7. The van der Waals surface area contributed by atoms with Gasteiger partial charge in [0, 0.05) is 5.56 Å². The van der Waals surface area contributed by atoms with Gasteiger partial charge in [-0.1, -0.05) is 62.9 Å². The van der Waals surface area contributed by atoms with E-state index in [1.54, 1.807) is 12.1 Å². The number of aliphatic hydroxyl groups excluding tert-OH is 1. The molecule has 2 rings (SSSR count). The Bertz CT molecular complexity index is 443. The molecule has 1 N–H and O–H groups in total. The number of hydrogen-bond acceptors (Lipinski definition) is 3. The molecule has 1 aromatic rings. The second-order valence-electron chi connectivity index (χ2n) is 6.25. The molecule has 0 bridgehead atoms. The largest absolute Gasteiger partial charge is 0.382 e. The molecule has 1 saturated heterocycles. The molecular formula is C19H28O3. The molecule has 1 aliphatic rings. The highest BCUT2D eigenvalue weighted by molar-refractivity contribution is 5.99. The lowest BCUT2D eigenvalue weighted by Gasteiger charge is -2.32. The van der Waals surface area contributed by atoms with Crippen molar-refractivity contribution in [3.63, 3.8) is 0 Å². The molecule has 1 fully saturated rings. The minimum atomic E-state index is -1.04. The van der Waals surface area contributed by atoms with Gasteiger partial charge in [0.2, 0.25) is 0 Å². The standard InChI is InChI=1S/C19H28O3/c1-2-3-4-8-12-16-13-9-14-17(22-16)19(21)18(20)15-10-6-5-7-11-15/h5-7,10-11,16-17,19,21H,2-4,8-9,12-14H2,1H3/t16-,17+,19+/m0/s1. The van der Waals surface area contributed by atoms with E-state index in [0.29, 0.717) is 5.56 Å². The van der Waals surface area contributed by atoms with E-state index in [2.05, 4.69) is 6.92 Å². The molecule has 122 valence electrons. The smallest absolute Gasteiger partial charge is 0.193 e. The molecule has 0 saturated carbocycles. The zero-order valence-electron chi connectivity index (χ0n) is 13.5. The third kappa shape index (κ3) is 4.92. The molecule has 3 atom stereocenters. The minimum Gasteiger partial charge on any atom is -0.382 e. The molecular weight excluding hydrogens is 276 g/mol. The molecule has 1 heterocycles. The normalized spacial score (nSPS) is 23.2. The van der Waals surface area contributed by atoms with E-state index in [0.717, 1.165) is 25.7 Å². The number of ketones is 1. The summed E-state index contributed by atoms with van der Waals surface area (Å²) in [7, 11) is 0. The van der Waals surface area contributed by atoms with Crippen LogP contribution in [0.25, 0.3) is 0 Å². The average Bonchev–Trinajstić information content (AvgIpc) is 2.58. The van der Waals surface area contributed by atoms with E-state index in [4.69, 9.17) is 4.74 Å². The Hall–Kier alpha value is -1.19. The quantitative estimate of drug-likeness (QED) is 0.580. The van der Waals surface area contributed by atoms with E-state index < -0.39 is 6.10 Å². The van der Waals surface area contributed by atoms with Crippen molar-refractivity contribution in [1.82, 2.24) is 0 Å². The van der Waals surface area contributed by atoms with Crippen molar-refractivity contribution in [3.05, 3.63) is 35.9 Å². The van der Waals surface area contributed by atoms with Gasteiger partial charge in [-0.2, -0.15) is 0 Å². The van der Waals surface area contributed by atoms with Crippen LogP contribution in [-0.4, -0.2) is 29.2 Å². The number of carbonyl (C=O) groups excluding carboxylic acids is 1. The summed E-state index contributed by atoms with van der Waals surface area (Å²) in [6, 6.07) is 9.00. The SMILES string of the molecule is CCCCCC[C@H]1CCC[C@H]([C@@H](O)C(=O)c2ccccc2)O1. The van der Waals surface area contributed by atoms with Crippen molar-refractivity contribution in [3.8, 4) is 0 Å². The van der Waals surface area contributed by atoms with E-state index >= 15 is 0 Å². The molecule has 0 unspecified atom stereocenters. The van der Waals surface area contributed by atoms with E-state index in [1.165, 1.54) is 25.7 Å². The lowest BCUT2D eigenvalue weighted by atomic mass is 9.94. The van der Waals surface area contributed by atoms with Crippen molar-refractivity contribution in [2.45, 2.75) is 76.6 Å². The van der Waals surface area contributed by atoms with Gasteiger partial charge in [0.1, 0.15) is 6.10 Å². The zero-order chi connectivity index (χ0) is 15.8. The number of Topliss-reactive ketones (excluding diaryl/α,β-unsaturated/α-hetero) is 1. The fraction of sp³-hybridized carbons (Fsp3) is 0.632. The second-order valence-corrected chi connectivity index (χ2v) is 6.25. The van der Waals surface area contributed by atoms with Crippen LogP contribution in [0.5, 0.6) is 0 Å². The molecule has 22 heavy (non-hydrogen) atoms. The summed E-state index contributed by atoms with van der Waals surface area (Å²) in [6.07, 6.45) is 7.63. The molecule has 0 aromatic heterocycles. The monoisotopic (exact) mass is 304 g/mol. The van der Waals surface area contributed by atoms with Gasteiger partial charge >= 0.3 is 0 Å². The van der Waals surface area contributed by atoms with Crippen LogP contribution < -0.4 is 0 Å². The first-order valence-corrected chi connectivity index (χ1v) is 8.65. The lowest BCUT2D eigenvalue weighted by Crippen LogP contribution is -2.41. The van der Waals surface area contributed by atoms with E-state index in [9.17, 15) is 9.90 Å². The predicted octanol–water partition coefficient (Wildman–Crippen LogP) is 4.14. The summed E-state index contributed by atoms with van der Waals surface area (Å²) in [5.41, 5.74) is 0.559. The van der Waals surface area contributed by atoms with Crippen LogP contribution in [0.2, 0.25) is 0 Å². The first kappa shape index (κ1) is 17.2. The number of benzene rings is 1. The van der Waals surface area contributed by atoms with Gasteiger partial charge in [0.25, 0.3) is 0 Å². The fourth-order valence-electron chi connectivity index (χ4n) is 3.12. The van der Waals surface area contributed by atoms with Crippen LogP contribution in [0, 0.1) is 0 Å². The van der Waals surface area contributed by atoms with Gasteiger partial charge in [-0.15, -0.1) is 0 Å². The summed E-state index contributed by atoms with van der Waals surface area (Å²) in [6.45, 7) is 2.21. The molecule has 0 spiro atoms. The van der Waals surface area contributed by atoms with Gasteiger partial charge in [0.15, 0.2) is 5.78 Å². The maximum absolute atomic E-state index is 12.3. The summed E-state index contributed by atoms with van der Waals surface area (Å²) in [5, 5.41) is 10.3. The Morgan fingerprint density at radius 3 is 2.73 bits per heavy atom. The van der Waals surface area contributed by atoms with Crippen LogP contribution in [0.1, 0.15) is 68.6 Å². The van der Waals surface area contributed by atoms with Crippen molar-refractivity contribution >= 4 is 5.78 Å². The van der Waals surface area contributed by atoms with Gasteiger partial charge in [0.05, 0.1) is 12.2 Å². The minimum absolute atomic E-state index is 0.203. The van der Waals surface area contributed by atoms with Gasteiger partial charge in [-0.05, 0) is 25.7 Å². The zero-order valence-corrected chi connectivity index (χ0v) is 13.5. The molecule has 1 aromatic carbocycles. The molecule has 0 amide bonds. The summed E-state index contributed by atoms with van der Waals surface area (Å²) >= 11 is 0. The maximum Gasteiger partial charge on any atom is 0.193 e. The Morgan fingerprint density at radius 2 is 2.00 bits per heavy atom. The van der Waals surface area contributed by atoms with Gasteiger partial charge in [-0.25, -0.2) is 0 Å². The second kappa shape index (κ2) is 9.06. The Labute approximate surface area is 133 Å². The number of unbranched alkanes of at least 4 members (excludes halogenated alkanes) is 3. The van der Waals surface area contributed by atoms with Crippen LogP contribution in [0.15, 0.2) is 30.3 Å². The van der Waals surface area contributed by atoms with Gasteiger partial charge < -0.3 is 9.84 Å². The predicted molar refractivity (Wildman–Crippen MR) is 88.1 cm³/mol. The van der Waals surface area contributed by atoms with Crippen LogP contribution in [-0.2, 0) is 4.74 Å². The van der Waals surface area contributed by atoms with Crippen LogP contribution in [0.3, 0.4) is 0 Å². The number of carbonyl (C=O) groups is 1. The molecule has 0 radical (unpaired) electrons. The lowest BCUT2D eigenvalue weighted by molar-refractivity contribution is -0.0963. The van der Waals surface area contributed by atoms with Crippen LogP contribution >= 0.6 is 0 Å². The van der Waals surface area contributed by atoms with Crippen molar-refractivity contribution < 1.29 is 14.6 Å². The maximum atomic E-state index is 12.3. The topological polar surface area (TPSA) is 46.5 Å². The number of aliphatic hydroxyl groups is 1. The highest BCUT2D eigenvalue weighted by Gasteiger charge is 2.32. The highest BCUT2D eigenvalue weighted by atomic mass is 16.5. The molecule has 3 heteroatoms. The molecule has 1 aliphatic heterocycles. The number of hydrogen-bond donors (Lipinski definition) is 1. The molecule has 0 aliphatic carbocycles. The molecule has 3 nitrogen and oxygen atoms in total. The first-order valence-electron chi connectivity index (χ1n) is 8.65. The van der Waals surface area contributed by atoms with E-state index in [-0.39, 0.29) is 18.0 Å². The number of rotatable bonds is 8. The van der Waals surface area contributed by atoms with Crippen molar-refractivity contribution in [1.29, 1.82) is 0 Å². The third-order valence-electron chi connectivity index (χ3n) is 4.44. The van der Waals surface area contributed by atoms with Crippen molar-refractivity contribution in [2.24, 2.45) is 0 Å². The van der Waals surface area contributed by atoms with Crippen molar-refractivity contribution in [2.75, 3.05) is 0 Å². The Balaban J connectivity index is 1.84. The van der Waals surface area contributed by atoms with E-state index in [1.807, 2.05) is 18.2 Å². The summed E-state index contributed by atoms with van der Waals surface area (Å²) in [4.78, 5) is 12.3. The number of ether oxygens (including phenoxy) is 1.